The zero-order chi connectivity index (χ0) is 12.6. The number of rotatable bonds is 3. The van der Waals surface area contributed by atoms with E-state index in [1.54, 1.807) is 7.11 Å². The van der Waals surface area contributed by atoms with Crippen LogP contribution in [0.4, 0.5) is 0 Å². The third-order valence-corrected chi connectivity index (χ3v) is 2.88. The van der Waals surface area contributed by atoms with Crippen molar-refractivity contribution in [1.82, 2.24) is 4.98 Å². The summed E-state index contributed by atoms with van der Waals surface area (Å²) in [6, 6.07) is 4.10. The minimum atomic E-state index is 0.287. The Hall–Kier alpha value is -1.51. The van der Waals surface area contributed by atoms with Gasteiger partial charge >= 0.3 is 0 Å². The van der Waals surface area contributed by atoms with E-state index in [0.717, 1.165) is 22.7 Å². The van der Waals surface area contributed by atoms with E-state index < -0.39 is 0 Å². The van der Waals surface area contributed by atoms with Crippen molar-refractivity contribution in [2.75, 3.05) is 7.11 Å². The van der Waals surface area contributed by atoms with Crippen LogP contribution in [0, 0.1) is 0 Å². The van der Waals surface area contributed by atoms with E-state index in [9.17, 15) is 0 Å². The summed E-state index contributed by atoms with van der Waals surface area (Å²) in [6.45, 7) is 8.45. The highest BCUT2D eigenvalue weighted by atomic mass is 16.5. The molecule has 0 atom stereocenters. The summed E-state index contributed by atoms with van der Waals surface area (Å²) in [5.74, 6) is 2.29. The van der Waals surface area contributed by atoms with E-state index in [0.29, 0.717) is 5.92 Å². The van der Waals surface area contributed by atoms with E-state index in [1.165, 1.54) is 5.56 Å². The molecule has 0 aliphatic rings. The molecule has 1 aromatic carbocycles. The van der Waals surface area contributed by atoms with Crippen molar-refractivity contribution in [3.8, 4) is 5.75 Å². The van der Waals surface area contributed by atoms with Crippen LogP contribution in [0.2, 0.25) is 0 Å². The molecular formula is C14H19NO2. The van der Waals surface area contributed by atoms with Gasteiger partial charge in [-0.2, -0.15) is 0 Å². The van der Waals surface area contributed by atoms with Crippen LogP contribution >= 0.6 is 0 Å². The second-order valence-corrected chi connectivity index (χ2v) is 4.93. The summed E-state index contributed by atoms with van der Waals surface area (Å²) in [6.07, 6.45) is 0. The van der Waals surface area contributed by atoms with Crippen molar-refractivity contribution in [3.05, 3.63) is 23.6 Å². The third kappa shape index (κ3) is 2.14. The average Bonchev–Trinajstić information content (AvgIpc) is 2.71. The quantitative estimate of drug-likeness (QED) is 0.801. The lowest BCUT2D eigenvalue weighted by molar-refractivity contribution is 0.418. The van der Waals surface area contributed by atoms with Gasteiger partial charge in [0.25, 0.3) is 0 Å². The van der Waals surface area contributed by atoms with Gasteiger partial charge in [0.1, 0.15) is 5.75 Å². The smallest absolute Gasteiger partial charge is 0.198 e. The third-order valence-electron chi connectivity index (χ3n) is 2.88. The number of oxazole rings is 1. The Morgan fingerprint density at radius 2 is 1.82 bits per heavy atom. The van der Waals surface area contributed by atoms with Gasteiger partial charge in [-0.05, 0) is 23.6 Å². The lowest BCUT2D eigenvalue weighted by Crippen LogP contribution is -1.91. The van der Waals surface area contributed by atoms with Gasteiger partial charge in [-0.3, -0.25) is 0 Å². The monoisotopic (exact) mass is 233 g/mol. The second kappa shape index (κ2) is 4.40. The number of fused-ring (bicyclic) bond motifs is 1. The molecule has 1 heterocycles. The maximum absolute atomic E-state index is 5.77. The van der Waals surface area contributed by atoms with Crippen molar-refractivity contribution < 1.29 is 9.15 Å². The average molecular weight is 233 g/mol. The Morgan fingerprint density at radius 3 is 2.35 bits per heavy atom. The summed E-state index contributed by atoms with van der Waals surface area (Å²) >= 11 is 0. The summed E-state index contributed by atoms with van der Waals surface area (Å²) in [5, 5.41) is 0. The van der Waals surface area contributed by atoms with E-state index in [-0.39, 0.29) is 5.92 Å². The molecule has 0 bridgehead atoms. The van der Waals surface area contributed by atoms with Crippen molar-refractivity contribution in [2.45, 2.75) is 39.5 Å². The molecule has 2 aromatic rings. The Kier molecular flexibility index (Phi) is 3.09. The Labute approximate surface area is 102 Å². The highest BCUT2D eigenvalue weighted by Crippen LogP contribution is 2.32. The molecule has 92 valence electrons. The lowest BCUT2D eigenvalue weighted by Gasteiger charge is -2.07. The first kappa shape index (κ1) is 12.0. The van der Waals surface area contributed by atoms with Crippen molar-refractivity contribution >= 4 is 11.1 Å². The molecule has 0 radical (unpaired) electrons. The largest absolute Gasteiger partial charge is 0.494 e. The molecule has 17 heavy (non-hydrogen) atoms. The number of hydrogen-bond donors (Lipinski definition) is 0. The molecule has 0 unspecified atom stereocenters. The predicted octanol–water partition coefficient (Wildman–Crippen LogP) is 4.08. The SMILES string of the molecule is COc1cc(C(C)C)cc2oc(C(C)C)nc12. The minimum Gasteiger partial charge on any atom is -0.494 e. The molecule has 2 rings (SSSR count). The van der Waals surface area contributed by atoms with E-state index in [2.05, 4.69) is 38.7 Å². The first-order valence-corrected chi connectivity index (χ1v) is 6.01. The standard InChI is InChI=1S/C14H19NO2/c1-8(2)10-6-11(16-5)13-12(7-10)17-14(15-13)9(3)4/h6-9H,1-5H3. The van der Waals surface area contributed by atoms with Gasteiger partial charge < -0.3 is 9.15 Å². The maximum Gasteiger partial charge on any atom is 0.198 e. The highest BCUT2D eigenvalue weighted by molar-refractivity contribution is 5.81. The van der Waals surface area contributed by atoms with Crippen molar-refractivity contribution in [2.24, 2.45) is 0 Å². The van der Waals surface area contributed by atoms with Crippen LogP contribution in [-0.2, 0) is 0 Å². The number of aromatic nitrogens is 1. The minimum absolute atomic E-state index is 0.287. The summed E-state index contributed by atoms with van der Waals surface area (Å²) in [5.41, 5.74) is 2.85. The Morgan fingerprint density at radius 1 is 1.12 bits per heavy atom. The second-order valence-electron chi connectivity index (χ2n) is 4.93. The molecule has 0 aliphatic carbocycles. The zero-order valence-electron chi connectivity index (χ0n) is 11.1. The topological polar surface area (TPSA) is 35.3 Å². The Bertz CT molecular complexity index is 526. The molecule has 0 aliphatic heterocycles. The van der Waals surface area contributed by atoms with Gasteiger partial charge in [0, 0.05) is 5.92 Å². The van der Waals surface area contributed by atoms with Crippen molar-refractivity contribution in [3.63, 3.8) is 0 Å². The molecular weight excluding hydrogens is 214 g/mol. The van der Waals surface area contributed by atoms with Gasteiger partial charge in [-0.15, -0.1) is 0 Å². The molecule has 0 saturated carbocycles. The Balaban J connectivity index is 2.65. The van der Waals surface area contributed by atoms with Crippen LogP contribution in [0.15, 0.2) is 16.5 Å². The number of nitrogens with zero attached hydrogens (tertiary/aromatic N) is 1. The van der Waals surface area contributed by atoms with E-state index >= 15 is 0 Å². The number of hydrogen-bond acceptors (Lipinski definition) is 3. The van der Waals surface area contributed by atoms with Crippen LogP contribution in [-0.4, -0.2) is 12.1 Å². The lowest BCUT2D eigenvalue weighted by atomic mass is 10.0. The van der Waals surface area contributed by atoms with Gasteiger partial charge in [-0.1, -0.05) is 27.7 Å². The van der Waals surface area contributed by atoms with E-state index in [1.807, 2.05) is 6.07 Å². The molecule has 0 spiro atoms. The van der Waals surface area contributed by atoms with Gasteiger partial charge in [0.05, 0.1) is 7.11 Å². The molecule has 0 N–H and O–H groups in total. The van der Waals surface area contributed by atoms with Crippen LogP contribution in [0.5, 0.6) is 5.75 Å². The van der Waals surface area contributed by atoms with Crippen LogP contribution < -0.4 is 4.74 Å². The first-order chi connectivity index (χ1) is 8.02. The zero-order valence-corrected chi connectivity index (χ0v) is 11.1. The van der Waals surface area contributed by atoms with Crippen LogP contribution in [0.3, 0.4) is 0 Å². The molecule has 0 saturated heterocycles. The normalized spacial score (nSPS) is 11.7. The molecule has 3 nitrogen and oxygen atoms in total. The molecule has 0 amide bonds. The number of benzene rings is 1. The van der Waals surface area contributed by atoms with Gasteiger partial charge in [0.2, 0.25) is 0 Å². The maximum atomic E-state index is 5.77. The fourth-order valence-electron chi connectivity index (χ4n) is 1.77. The summed E-state index contributed by atoms with van der Waals surface area (Å²) < 4.78 is 11.2. The molecule has 3 heteroatoms. The van der Waals surface area contributed by atoms with Crippen molar-refractivity contribution in [1.29, 1.82) is 0 Å². The summed E-state index contributed by atoms with van der Waals surface area (Å²) in [4.78, 5) is 4.49. The van der Waals surface area contributed by atoms with E-state index in [4.69, 9.17) is 9.15 Å². The van der Waals surface area contributed by atoms with Crippen LogP contribution in [0.1, 0.15) is 51.0 Å². The van der Waals surface area contributed by atoms with Gasteiger partial charge in [0.15, 0.2) is 17.0 Å². The fraction of sp³-hybridized carbons (Fsp3) is 0.500. The first-order valence-electron chi connectivity index (χ1n) is 6.01. The van der Waals surface area contributed by atoms with Crippen LogP contribution in [0.25, 0.3) is 11.1 Å². The van der Waals surface area contributed by atoms with Gasteiger partial charge in [-0.25, -0.2) is 4.98 Å². The predicted molar refractivity (Wildman–Crippen MR) is 68.7 cm³/mol. The number of ether oxygens (including phenoxy) is 1. The summed E-state index contributed by atoms with van der Waals surface area (Å²) in [7, 11) is 1.67. The molecule has 1 aromatic heterocycles. The highest BCUT2D eigenvalue weighted by Gasteiger charge is 2.15. The molecule has 0 fully saturated rings. The fourth-order valence-corrected chi connectivity index (χ4v) is 1.77. The number of methoxy groups -OCH3 is 1.